The summed E-state index contributed by atoms with van der Waals surface area (Å²) < 4.78 is 19.0. The zero-order chi connectivity index (χ0) is 15.4. The first-order valence-corrected chi connectivity index (χ1v) is 7.20. The van der Waals surface area contributed by atoms with E-state index in [0.29, 0.717) is 16.9 Å². The van der Waals surface area contributed by atoms with E-state index in [1.165, 1.54) is 6.07 Å². The van der Waals surface area contributed by atoms with Gasteiger partial charge in [0, 0.05) is 26.8 Å². The standard InChI is InChI=1S/C15H17BrFN3O/c1-20(2)13-6-7-18-15(21-3)14(13)19-9-10-4-5-12(17)11(16)8-10/h4-8,19H,9H2,1-3H3. The van der Waals surface area contributed by atoms with E-state index in [-0.39, 0.29) is 5.82 Å². The van der Waals surface area contributed by atoms with Crippen LogP contribution < -0.4 is 15.0 Å². The van der Waals surface area contributed by atoms with Crippen molar-refractivity contribution in [3.8, 4) is 5.88 Å². The molecule has 0 aliphatic heterocycles. The zero-order valence-electron chi connectivity index (χ0n) is 12.2. The number of benzene rings is 1. The molecule has 6 heteroatoms. The van der Waals surface area contributed by atoms with Gasteiger partial charge in [0.15, 0.2) is 0 Å². The van der Waals surface area contributed by atoms with Crippen molar-refractivity contribution in [1.29, 1.82) is 0 Å². The number of nitrogens with one attached hydrogen (secondary N) is 1. The quantitative estimate of drug-likeness (QED) is 0.889. The third-order valence-corrected chi connectivity index (χ3v) is 3.63. The van der Waals surface area contributed by atoms with Crippen LogP contribution in [0.4, 0.5) is 15.8 Å². The van der Waals surface area contributed by atoms with Crippen molar-refractivity contribution >= 4 is 27.3 Å². The molecule has 0 bridgehead atoms. The van der Waals surface area contributed by atoms with Crippen molar-refractivity contribution in [3.05, 3.63) is 46.3 Å². The van der Waals surface area contributed by atoms with Crippen LogP contribution in [0.25, 0.3) is 0 Å². The van der Waals surface area contributed by atoms with E-state index in [0.717, 1.165) is 16.9 Å². The molecule has 1 N–H and O–H groups in total. The van der Waals surface area contributed by atoms with E-state index in [1.807, 2.05) is 25.1 Å². The van der Waals surface area contributed by atoms with Gasteiger partial charge in [-0.15, -0.1) is 0 Å². The summed E-state index contributed by atoms with van der Waals surface area (Å²) in [6.07, 6.45) is 1.70. The van der Waals surface area contributed by atoms with Crippen LogP contribution in [0.3, 0.4) is 0 Å². The van der Waals surface area contributed by atoms with Gasteiger partial charge in [-0.2, -0.15) is 0 Å². The number of rotatable bonds is 5. The Morgan fingerprint density at radius 1 is 1.33 bits per heavy atom. The first-order chi connectivity index (χ1) is 10.0. The molecule has 112 valence electrons. The minimum absolute atomic E-state index is 0.272. The minimum Gasteiger partial charge on any atom is -0.479 e. The Labute approximate surface area is 132 Å². The summed E-state index contributed by atoms with van der Waals surface area (Å²) in [4.78, 5) is 6.18. The van der Waals surface area contributed by atoms with Gasteiger partial charge in [0.05, 0.1) is 17.3 Å². The van der Waals surface area contributed by atoms with Crippen LogP contribution in [-0.4, -0.2) is 26.2 Å². The number of anilines is 2. The molecule has 1 aromatic carbocycles. The Bertz CT molecular complexity index is 634. The molecule has 0 spiro atoms. The molecule has 2 rings (SSSR count). The van der Waals surface area contributed by atoms with E-state index < -0.39 is 0 Å². The Balaban J connectivity index is 2.24. The van der Waals surface area contributed by atoms with Gasteiger partial charge >= 0.3 is 0 Å². The van der Waals surface area contributed by atoms with Crippen molar-refractivity contribution in [2.75, 3.05) is 31.4 Å². The van der Waals surface area contributed by atoms with Gasteiger partial charge < -0.3 is 15.0 Å². The number of methoxy groups -OCH3 is 1. The van der Waals surface area contributed by atoms with E-state index >= 15 is 0 Å². The largest absolute Gasteiger partial charge is 0.479 e. The topological polar surface area (TPSA) is 37.4 Å². The molecule has 4 nitrogen and oxygen atoms in total. The molecule has 0 fully saturated rings. The Kier molecular flexibility index (Phi) is 5.01. The Morgan fingerprint density at radius 2 is 2.10 bits per heavy atom. The van der Waals surface area contributed by atoms with E-state index in [9.17, 15) is 4.39 Å². The highest BCUT2D eigenvalue weighted by Crippen LogP contribution is 2.32. The van der Waals surface area contributed by atoms with Gasteiger partial charge in [-0.1, -0.05) is 6.07 Å². The predicted octanol–water partition coefficient (Wildman–Crippen LogP) is 3.67. The number of ether oxygens (including phenoxy) is 1. The maximum absolute atomic E-state index is 13.2. The molecule has 0 aliphatic carbocycles. The van der Waals surface area contributed by atoms with Crippen molar-refractivity contribution < 1.29 is 9.13 Å². The highest BCUT2D eigenvalue weighted by Gasteiger charge is 2.12. The summed E-state index contributed by atoms with van der Waals surface area (Å²) in [6, 6.07) is 6.84. The molecule has 0 unspecified atom stereocenters. The van der Waals surface area contributed by atoms with Crippen molar-refractivity contribution in [3.63, 3.8) is 0 Å². The van der Waals surface area contributed by atoms with Crippen LogP contribution in [-0.2, 0) is 6.54 Å². The summed E-state index contributed by atoms with van der Waals surface area (Å²) >= 11 is 3.19. The fraction of sp³-hybridized carbons (Fsp3) is 0.267. The number of halogens is 2. The SMILES string of the molecule is COc1nccc(N(C)C)c1NCc1ccc(F)c(Br)c1. The average molecular weight is 354 g/mol. The number of pyridine rings is 1. The normalized spacial score (nSPS) is 10.3. The van der Waals surface area contributed by atoms with E-state index in [2.05, 4.69) is 26.2 Å². The third-order valence-electron chi connectivity index (χ3n) is 3.02. The molecule has 2 aromatic rings. The van der Waals surface area contributed by atoms with Crippen LogP contribution in [0, 0.1) is 5.82 Å². The summed E-state index contributed by atoms with van der Waals surface area (Å²) in [5.41, 5.74) is 2.74. The maximum Gasteiger partial charge on any atom is 0.239 e. The number of hydrogen-bond acceptors (Lipinski definition) is 4. The molecule has 21 heavy (non-hydrogen) atoms. The van der Waals surface area contributed by atoms with Gasteiger partial charge in [0.2, 0.25) is 5.88 Å². The lowest BCUT2D eigenvalue weighted by molar-refractivity contribution is 0.400. The molecular formula is C15H17BrFN3O. The first kappa shape index (κ1) is 15.6. The highest BCUT2D eigenvalue weighted by atomic mass is 79.9. The lowest BCUT2D eigenvalue weighted by Crippen LogP contribution is -2.13. The molecular weight excluding hydrogens is 337 g/mol. The Hall–Kier alpha value is -1.82. The van der Waals surface area contributed by atoms with E-state index in [4.69, 9.17) is 4.74 Å². The second-order valence-electron chi connectivity index (χ2n) is 4.71. The molecule has 0 aliphatic rings. The smallest absolute Gasteiger partial charge is 0.239 e. The summed E-state index contributed by atoms with van der Waals surface area (Å²) in [6.45, 7) is 0.543. The lowest BCUT2D eigenvalue weighted by atomic mass is 10.2. The second kappa shape index (κ2) is 6.76. The number of hydrogen-bond donors (Lipinski definition) is 1. The predicted molar refractivity (Wildman–Crippen MR) is 86.5 cm³/mol. The van der Waals surface area contributed by atoms with Gasteiger partial charge in [-0.3, -0.25) is 0 Å². The second-order valence-corrected chi connectivity index (χ2v) is 5.57. The molecule has 1 aromatic heterocycles. The minimum atomic E-state index is -0.272. The van der Waals surface area contributed by atoms with Gasteiger partial charge in [0.25, 0.3) is 0 Å². The molecule has 0 radical (unpaired) electrons. The monoisotopic (exact) mass is 353 g/mol. The average Bonchev–Trinajstić information content (AvgIpc) is 2.48. The molecule has 0 amide bonds. The van der Waals surface area contributed by atoms with Crippen LogP contribution in [0.1, 0.15) is 5.56 Å². The summed E-state index contributed by atoms with van der Waals surface area (Å²) in [5, 5.41) is 3.30. The fourth-order valence-electron chi connectivity index (χ4n) is 1.97. The van der Waals surface area contributed by atoms with Gasteiger partial charge in [0.1, 0.15) is 11.5 Å². The van der Waals surface area contributed by atoms with Gasteiger partial charge in [-0.25, -0.2) is 9.37 Å². The van der Waals surface area contributed by atoms with Crippen LogP contribution >= 0.6 is 15.9 Å². The summed E-state index contributed by atoms with van der Waals surface area (Å²) in [7, 11) is 5.49. The lowest BCUT2D eigenvalue weighted by Gasteiger charge is -2.20. The molecule has 0 atom stereocenters. The molecule has 1 heterocycles. The number of aromatic nitrogens is 1. The van der Waals surface area contributed by atoms with Crippen LogP contribution in [0.2, 0.25) is 0 Å². The third kappa shape index (κ3) is 3.64. The van der Waals surface area contributed by atoms with Crippen molar-refractivity contribution in [1.82, 2.24) is 4.98 Å². The Morgan fingerprint density at radius 3 is 2.71 bits per heavy atom. The van der Waals surface area contributed by atoms with Crippen molar-refractivity contribution in [2.45, 2.75) is 6.54 Å². The van der Waals surface area contributed by atoms with Gasteiger partial charge in [-0.05, 0) is 39.7 Å². The van der Waals surface area contributed by atoms with Crippen LogP contribution in [0.15, 0.2) is 34.9 Å². The maximum atomic E-state index is 13.2. The zero-order valence-corrected chi connectivity index (χ0v) is 13.7. The fourth-order valence-corrected chi connectivity index (χ4v) is 2.39. The molecule has 0 saturated heterocycles. The first-order valence-electron chi connectivity index (χ1n) is 6.41. The van der Waals surface area contributed by atoms with Crippen LogP contribution in [0.5, 0.6) is 5.88 Å². The summed E-state index contributed by atoms with van der Waals surface area (Å²) in [5.74, 6) is 0.258. The van der Waals surface area contributed by atoms with Crippen molar-refractivity contribution in [2.24, 2.45) is 0 Å². The van der Waals surface area contributed by atoms with E-state index in [1.54, 1.807) is 25.4 Å². The number of nitrogens with zero attached hydrogens (tertiary/aromatic N) is 2. The highest BCUT2D eigenvalue weighted by molar-refractivity contribution is 9.10. The molecule has 0 saturated carbocycles.